The van der Waals surface area contributed by atoms with Crippen molar-refractivity contribution in [3.8, 4) is 11.8 Å². The number of phenols is 1. The minimum atomic E-state index is -0.432. The van der Waals surface area contributed by atoms with E-state index in [1.807, 2.05) is 6.07 Å². The van der Waals surface area contributed by atoms with Crippen LogP contribution in [0.3, 0.4) is 0 Å². The molecular weight excluding hydrogens is 416 g/mol. The lowest BCUT2D eigenvalue weighted by Crippen LogP contribution is -2.32. The third-order valence-corrected chi connectivity index (χ3v) is 4.44. The van der Waals surface area contributed by atoms with Gasteiger partial charge in [0.2, 0.25) is 0 Å². The molecule has 1 heterocycles. The molecule has 1 aliphatic heterocycles. The number of hydrogen-bond acceptors (Lipinski definition) is 4. The molecule has 0 aliphatic carbocycles. The number of ether oxygens (including phenoxy) is 1. The second-order valence-corrected chi connectivity index (χ2v) is 6.56. The Morgan fingerprint density at radius 1 is 1.50 bits per heavy atom. The number of aromatic hydroxyl groups is 1. The highest BCUT2D eigenvalue weighted by Gasteiger charge is 2.17. The van der Waals surface area contributed by atoms with Crippen LogP contribution in [0.1, 0.15) is 18.4 Å². The van der Waals surface area contributed by atoms with Crippen LogP contribution in [0.2, 0.25) is 0 Å². The molecule has 1 aromatic rings. The van der Waals surface area contributed by atoms with Gasteiger partial charge in [-0.2, -0.15) is 5.26 Å². The van der Waals surface area contributed by atoms with Crippen molar-refractivity contribution in [3.05, 3.63) is 32.2 Å². The zero-order valence-electron chi connectivity index (χ0n) is 11.6. The second-order valence-electron chi connectivity index (χ2n) is 4.85. The van der Waals surface area contributed by atoms with Crippen molar-refractivity contribution in [2.75, 3.05) is 13.2 Å². The molecule has 1 atom stereocenters. The Morgan fingerprint density at radius 2 is 2.18 bits per heavy atom. The van der Waals surface area contributed by atoms with Crippen LogP contribution in [0.4, 0.5) is 0 Å². The summed E-state index contributed by atoms with van der Waals surface area (Å²) in [6.45, 7) is 1.12. The average molecular weight is 430 g/mol. The van der Waals surface area contributed by atoms with E-state index in [-0.39, 0.29) is 17.4 Å². The highest BCUT2D eigenvalue weighted by Crippen LogP contribution is 2.33. The average Bonchev–Trinajstić information content (AvgIpc) is 3.01. The Bertz CT molecular complexity index is 624. The summed E-state index contributed by atoms with van der Waals surface area (Å²) in [5.74, 6) is -0.364. The highest BCUT2D eigenvalue weighted by molar-refractivity contribution is 9.11. The molecule has 1 saturated heterocycles. The first kappa shape index (κ1) is 17.0. The summed E-state index contributed by atoms with van der Waals surface area (Å²) < 4.78 is 6.38. The van der Waals surface area contributed by atoms with Crippen LogP contribution in [0.25, 0.3) is 6.08 Å². The number of carbonyl (C=O) groups excluding carboxylic acids is 1. The first-order valence-electron chi connectivity index (χ1n) is 6.71. The lowest BCUT2D eigenvalue weighted by molar-refractivity contribution is -0.117. The van der Waals surface area contributed by atoms with Crippen LogP contribution < -0.4 is 5.32 Å². The monoisotopic (exact) mass is 428 g/mol. The number of benzene rings is 1. The predicted octanol–water partition coefficient (Wildman–Crippen LogP) is 3.12. The first-order valence-corrected chi connectivity index (χ1v) is 8.29. The summed E-state index contributed by atoms with van der Waals surface area (Å²) in [7, 11) is 0. The molecular formula is C15H14Br2N2O3. The van der Waals surface area contributed by atoms with Crippen molar-refractivity contribution < 1.29 is 14.6 Å². The van der Waals surface area contributed by atoms with Gasteiger partial charge in [-0.25, -0.2) is 0 Å². The number of halogens is 2. The van der Waals surface area contributed by atoms with E-state index < -0.39 is 5.91 Å². The van der Waals surface area contributed by atoms with Crippen LogP contribution in [-0.2, 0) is 9.53 Å². The van der Waals surface area contributed by atoms with Gasteiger partial charge < -0.3 is 15.2 Å². The van der Waals surface area contributed by atoms with Gasteiger partial charge in [0.25, 0.3) is 5.91 Å². The van der Waals surface area contributed by atoms with Gasteiger partial charge in [0.05, 0.1) is 15.0 Å². The molecule has 22 heavy (non-hydrogen) atoms. The fourth-order valence-corrected chi connectivity index (χ4v) is 3.31. The molecule has 1 amide bonds. The van der Waals surface area contributed by atoms with Gasteiger partial charge in [0.15, 0.2) is 0 Å². The molecule has 0 radical (unpaired) electrons. The minimum absolute atomic E-state index is 0.00230. The number of rotatable bonds is 4. The summed E-state index contributed by atoms with van der Waals surface area (Å²) in [6, 6.07) is 5.15. The Balaban J connectivity index is 2.09. The third-order valence-electron chi connectivity index (χ3n) is 3.23. The van der Waals surface area contributed by atoms with Gasteiger partial charge in [-0.3, -0.25) is 4.79 Å². The maximum Gasteiger partial charge on any atom is 0.262 e. The van der Waals surface area contributed by atoms with Gasteiger partial charge >= 0.3 is 0 Å². The summed E-state index contributed by atoms with van der Waals surface area (Å²) in [6.07, 6.45) is 3.42. The van der Waals surface area contributed by atoms with E-state index in [1.165, 1.54) is 6.08 Å². The van der Waals surface area contributed by atoms with Crippen molar-refractivity contribution in [2.45, 2.75) is 18.9 Å². The van der Waals surface area contributed by atoms with Crippen LogP contribution in [0.5, 0.6) is 5.75 Å². The quantitative estimate of drug-likeness (QED) is 0.569. The lowest BCUT2D eigenvalue weighted by Gasteiger charge is -2.10. The largest absolute Gasteiger partial charge is 0.506 e. The normalized spacial score (nSPS) is 18.0. The number of amides is 1. The van der Waals surface area contributed by atoms with E-state index in [0.717, 1.165) is 19.4 Å². The van der Waals surface area contributed by atoms with Gasteiger partial charge in [0.1, 0.15) is 17.4 Å². The molecule has 0 spiro atoms. The van der Waals surface area contributed by atoms with Gasteiger partial charge in [-0.1, -0.05) is 0 Å². The molecule has 5 nitrogen and oxygen atoms in total. The summed E-state index contributed by atoms with van der Waals surface area (Å²) in [4.78, 5) is 12.0. The van der Waals surface area contributed by atoms with Crippen LogP contribution in [0, 0.1) is 11.3 Å². The molecule has 0 saturated carbocycles. The van der Waals surface area contributed by atoms with Crippen LogP contribution >= 0.6 is 31.9 Å². The zero-order valence-corrected chi connectivity index (χ0v) is 14.8. The first-order chi connectivity index (χ1) is 10.5. The van der Waals surface area contributed by atoms with Crippen molar-refractivity contribution >= 4 is 43.8 Å². The number of nitriles is 1. The Labute approximate surface area is 145 Å². The smallest absolute Gasteiger partial charge is 0.262 e. The topological polar surface area (TPSA) is 82.3 Å². The Hall–Kier alpha value is -1.36. The van der Waals surface area contributed by atoms with Crippen molar-refractivity contribution in [1.82, 2.24) is 5.32 Å². The van der Waals surface area contributed by atoms with E-state index >= 15 is 0 Å². The third kappa shape index (κ3) is 4.32. The Morgan fingerprint density at radius 3 is 2.73 bits per heavy atom. The van der Waals surface area contributed by atoms with E-state index in [2.05, 4.69) is 37.2 Å². The molecule has 1 aromatic carbocycles. The van der Waals surface area contributed by atoms with E-state index in [4.69, 9.17) is 10.00 Å². The number of hydrogen-bond donors (Lipinski definition) is 2. The van der Waals surface area contributed by atoms with Crippen molar-refractivity contribution in [1.29, 1.82) is 5.26 Å². The number of nitrogens with zero attached hydrogens (tertiary/aromatic N) is 1. The predicted molar refractivity (Wildman–Crippen MR) is 89.1 cm³/mol. The summed E-state index contributed by atoms with van der Waals surface area (Å²) in [5.41, 5.74) is 0.628. The van der Waals surface area contributed by atoms with Gasteiger partial charge in [-0.05, 0) is 68.5 Å². The minimum Gasteiger partial charge on any atom is -0.506 e. The van der Waals surface area contributed by atoms with Crippen molar-refractivity contribution in [2.24, 2.45) is 0 Å². The molecule has 1 aliphatic rings. The fourth-order valence-electron chi connectivity index (χ4n) is 2.09. The Kier molecular flexibility index (Phi) is 6.00. The summed E-state index contributed by atoms with van der Waals surface area (Å²) >= 11 is 6.42. The molecule has 2 rings (SSSR count). The molecule has 7 heteroatoms. The second kappa shape index (κ2) is 7.77. The molecule has 116 valence electrons. The zero-order chi connectivity index (χ0) is 16.1. The van der Waals surface area contributed by atoms with E-state index in [0.29, 0.717) is 21.1 Å². The van der Waals surface area contributed by atoms with E-state index in [9.17, 15) is 9.90 Å². The van der Waals surface area contributed by atoms with Crippen molar-refractivity contribution in [3.63, 3.8) is 0 Å². The number of phenolic OH excluding ortho intramolecular Hbond substituents is 1. The molecule has 0 bridgehead atoms. The maximum absolute atomic E-state index is 12.0. The lowest BCUT2D eigenvalue weighted by atomic mass is 10.1. The van der Waals surface area contributed by atoms with Gasteiger partial charge in [-0.15, -0.1) is 0 Å². The molecule has 0 unspecified atom stereocenters. The molecule has 2 N–H and O–H groups in total. The molecule has 0 aromatic heterocycles. The fraction of sp³-hybridized carbons (Fsp3) is 0.333. The van der Waals surface area contributed by atoms with Crippen LogP contribution in [0.15, 0.2) is 26.7 Å². The SMILES string of the molecule is N#C/C(=C\c1cc(Br)c(O)c(Br)c1)C(=O)NC[C@H]1CCCO1. The summed E-state index contributed by atoms with van der Waals surface area (Å²) in [5, 5.41) is 21.5. The van der Waals surface area contributed by atoms with E-state index in [1.54, 1.807) is 12.1 Å². The highest BCUT2D eigenvalue weighted by atomic mass is 79.9. The standard InChI is InChI=1S/C15H14Br2N2O3/c16-12-5-9(6-13(17)14(12)20)4-10(7-18)15(21)19-8-11-2-1-3-22-11/h4-6,11,20H,1-3,8H2,(H,19,21)/b10-4+/t11-/m1/s1. The van der Waals surface area contributed by atoms with Gasteiger partial charge in [0, 0.05) is 13.2 Å². The number of carbonyl (C=O) groups is 1. The maximum atomic E-state index is 12.0. The number of nitrogens with one attached hydrogen (secondary N) is 1. The molecule has 1 fully saturated rings. The van der Waals surface area contributed by atoms with Crippen LogP contribution in [-0.4, -0.2) is 30.3 Å².